The normalized spacial score (nSPS) is 11.6. The number of carbonyl (C=O) groups excluding carboxylic acids is 1. The van der Waals surface area contributed by atoms with Crippen molar-refractivity contribution in [2.45, 2.75) is 20.0 Å². The molecule has 0 aliphatic rings. The molecule has 0 fully saturated rings. The summed E-state index contributed by atoms with van der Waals surface area (Å²) in [5, 5.41) is 8.66. The van der Waals surface area contributed by atoms with Gasteiger partial charge in [-0.15, -0.1) is 0 Å². The van der Waals surface area contributed by atoms with Crippen LogP contribution < -0.4 is 0 Å². The van der Waals surface area contributed by atoms with Crippen LogP contribution in [-0.4, -0.2) is 73.0 Å². The molecule has 0 radical (unpaired) electrons. The number of ether oxygens (including phenoxy) is 1. The fourth-order valence-corrected chi connectivity index (χ4v) is 1.68. The molecule has 0 aromatic heterocycles. The van der Waals surface area contributed by atoms with E-state index in [0.29, 0.717) is 0 Å². The van der Waals surface area contributed by atoms with Gasteiger partial charge >= 0.3 is 18.2 Å². The number of methoxy groups -OCH3 is 1. The third-order valence-electron chi connectivity index (χ3n) is 2.39. The van der Waals surface area contributed by atoms with Gasteiger partial charge in [-0.2, -0.15) is 13.2 Å². The number of hydrogen-bond acceptors (Lipinski definition) is 3. The number of hydrogen-bond donors (Lipinski definition) is 1. The fourth-order valence-electron chi connectivity index (χ4n) is 1.68. The zero-order chi connectivity index (χ0) is 16.6. The Morgan fingerprint density at radius 1 is 1.24 bits per heavy atom. The average Bonchev–Trinajstić information content (AvgIpc) is 2.30. The van der Waals surface area contributed by atoms with Crippen LogP contribution in [0.5, 0.6) is 0 Å². The largest absolute Gasteiger partial charge is 0.480 e. The first kappa shape index (κ1) is 19.5. The predicted octanol–water partition coefficient (Wildman–Crippen LogP) is 1.66. The van der Waals surface area contributed by atoms with Gasteiger partial charge in [-0.25, -0.2) is 4.79 Å². The van der Waals surface area contributed by atoms with Gasteiger partial charge in [0.1, 0.15) is 13.1 Å². The molecule has 0 rings (SSSR count). The summed E-state index contributed by atoms with van der Waals surface area (Å²) in [4.78, 5) is 24.2. The maximum atomic E-state index is 12.5. The van der Waals surface area contributed by atoms with Crippen LogP contribution in [0.2, 0.25) is 0 Å². The third-order valence-corrected chi connectivity index (χ3v) is 2.39. The molecule has 0 aliphatic carbocycles. The van der Waals surface area contributed by atoms with E-state index >= 15 is 0 Å². The van der Waals surface area contributed by atoms with Crippen LogP contribution in [0.15, 0.2) is 0 Å². The van der Waals surface area contributed by atoms with Gasteiger partial charge in [-0.1, -0.05) is 13.8 Å². The van der Waals surface area contributed by atoms with Crippen molar-refractivity contribution in [2.75, 3.05) is 39.9 Å². The second-order valence-electron chi connectivity index (χ2n) is 4.98. The highest BCUT2D eigenvalue weighted by Crippen LogP contribution is 2.17. The molecule has 124 valence electrons. The zero-order valence-corrected chi connectivity index (χ0v) is 12.3. The lowest BCUT2D eigenvalue weighted by Crippen LogP contribution is -2.50. The summed E-state index contributed by atoms with van der Waals surface area (Å²) in [6.45, 7) is 1.49. The Balaban J connectivity index is 5.02. The molecule has 0 heterocycles. The molecule has 0 unspecified atom stereocenters. The lowest BCUT2D eigenvalue weighted by Gasteiger charge is -2.31. The first-order valence-corrected chi connectivity index (χ1v) is 6.38. The first-order chi connectivity index (χ1) is 9.56. The molecule has 0 saturated carbocycles. The number of aliphatic carboxylic acids is 1. The fraction of sp³-hybridized carbons (Fsp3) is 0.833. The number of nitrogens with zero attached hydrogens (tertiary/aromatic N) is 2. The summed E-state index contributed by atoms with van der Waals surface area (Å²) in [7, 11) is 1.41. The second kappa shape index (κ2) is 8.71. The molecule has 6 nitrogen and oxygen atoms in total. The predicted molar refractivity (Wildman–Crippen MR) is 68.9 cm³/mol. The van der Waals surface area contributed by atoms with Gasteiger partial charge in [0.05, 0.1) is 6.61 Å². The van der Waals surface area contributed by atoms with Crippen molar-refractivity contribution in [2.24, 2.45) is 5.92 Å². The Morgan fingerprint density at radius 3 is 2.19 bits per heavy atom. The Hall–Kier alpha value is -1.51. The van der Waals surface area contributed by atoms with Crippen molar-refractivity contribution >= 4 is 12.0 Å². The summed E-state index contributed by atoms with van der Waals surface area (Å²) in [5.74, 6) is -1.47. The Labute approximate surface area is 121 Å². The summed E-state index contributed by atoms with van der Waals surface area (Å²) in [6.07, 6.45) is -4.66. The van der Waals surface area contributed by atoms with E-state index in [1.807, 2.05) is 0 Å². The second-order valence-corrected chi connectivity index (χ2v) is 4.98. The van der Waals surface area contributed by atoms with Crippen LogP contribution in [0.25, 0.3) is 0 Å². The van der Waals surface area contributed by atoms with Crippen LogP contribution >= 0.6 is 0 Å². The molecule has 0 atom stereocenters. The van der Waals surface area contributed by atoms with Crippen LogP contribution in [-0.2, 0) is 9.53 Å². The van der Waals surface area contributed by atoms with Gasteiger partial charge in [0.2, 0.25) is 0 Å². The molecule has 0 bridgehead atoms. The molecule has 0 aromatic carbocycles. The van der Waals surface area contributed by atoms with Crippen molar-refractivity contribution in [1.82, 2.24) is 9.80 Å². The Morgan fingerprint density at radius 2 is 1.81 bits per heavy atom. The van der Waals surface area contributed by atoms with Gasteiger partial charge in [0.15, 0.2) is 0 Å². The number of alkyl halides is 3. The molecule has 0 aromatic rings. The lowest BCUT2D eigenvalue weighted by atomic mass is 10.2. The molecule has 2 amide bonds. The van der Waals surface area contributed by atoms with E-state index < -0.39 is 31.3 Å². The topological polar surface area (TPSA) is 70.1 Å². The van der Waals surface area contributed by atoms with Gasteiger partial charge < -0.3 is 19.6 Å². The van der Waals surface area contributed by atoms with Crippen molar-refractivity contribution in [3.05, 3.63) is 0 Å². The highest BCUT2D eigenvalue weighted by atomic mass is 19.4. The quantitative estimate of drug-likeness (QED) is 0.740. The van der Waals surface area contributed by atoms with E-state index in [2.05, 4.69) is 0 Å². The van der Waals surface area contributed by atoms with E-state index in [0.717, 1.165) is 0 Å². The van der Waals surface area contributed by atoms with Gasteiger partial charge in [-0.05, 0) is 5.92 Å². The van der Waals surface area contributed by atoms with Crippen LogP contribution in [0.4, 0.5) is 18.0 Å². The summed E-state index contributed by atoms with van der Waals surface area (Å²) in [6, 6.07) is -0.958. The standard InChI is InChI=1S/C12H21F3N2O4/c1-9(2)6-16(4-5-21-3)11(20)17(7-10(18)19)8-12(13,14)15/h9H,4-8H2,1-3H3,(H,18,19). The number of urea groups is 1. The number of amides is 2. The smallest absolute Gasteiger partial charge is 0.406 e. The van der Waals surface area contributed by atoms with Crippen molar-refractivity contribution in [1.29, 1.82) is 0 Å². The van der Waals surface area contributed by atoms with E-state index in [1.54, 1.807) is 13.8 Å². The molecule has 0 aliphatic heterocycles. The Kier molecular flexibility index (Phi) is 8.08. The van der Waals surface area contributed by atoms with Crippen molar-refractivity contribution in [3.8, 4) is 0 Å². The maximum absolute atomic E-state index is 12.5. The number of carboxylic acid groups (broad SMARTS) is 1. The minimum atomic E-state index is -4.66. The average molecular weight is 314 g/mol. The molecular formula is C12H21F3N2O4. The summed E-state index contributed by atoms with van der Waals surface area (Å²) >= 11 is 0. The molecule has 1 N–H and O–H groups in total. The maximum Gasteiger partial charge on any atom is 0.406 e. The van der Waals surface area contributed by atoms with Crippen LogP contribution in [0, 0.1) is 5.92 Å². The number of rotatable bonds is 8. The molecular weight excluding hydrogens is 293 g/mol. The SMILES string of the molecule is COCCN(CC(C)C)C(=O)N(CC(=O)O)CC(F)(F)F. The lowest BCUT2D eigenvalue weighted by molar-refractivity contribution is -0.149. The van der Waals surface area contributed by atoms with Gasteiger partial charge in [0, 0.05) is 20.2 Å². The molecule has 9 heteroatoms. The van der Waals surface area contributed by atoms with Gasteiger partial charge in [-0.3, -0.25) is 4.79 Å². The van der Waals surface area contributed by atoms with Crippen molar-refractivity contribution in [3.63, 3.8) is 0 Å². The molecule has 0 saturated heterocycles. The molecule has 21 heavy (non-hydrogen) atoms. The summed E-state index contributed by atoms with van der Waals surface area (Å²) < 4.78 is 42.2. The zero-order valence-electron chi connectivity index (χ0n) is 12.3. The van der Waals surface area contributed by atoms with Crippen molar-refractivity contribution < 1.29 is 32.6 Å². The van der Waals surface area contributed by atoms with Crippen LogP contribution in [0.1, 0.15) is 13.8 Å². The minimum absolute atomic E-state index is 0.0309. The van der Waals surface area contributed by atoms with E-state index in [-0.39, 0.29) is 30.5 Å². The van der Waals surface area contributed by atoms with E-state index in [9.17, 15) is 22.8 Å². The number of carbonyl (C=O) groups is 2. The first-order valence-electron chi connectivity index (χ1n) is 6.38. The van der Waals surface area contributed by atoms with E-state index in [1.165, 1.54) is 12.0 Å². The minimum Gasteiger partial charge on any atom is -0.480 e. The highest BCUT2D eigenvalue weighted by Gasteiger charge is 2.35. The highest BCUT2D eigenvalue weighted by molar-refractivity contribution is 5.80. The Bertz CT molecular complexity index is 348. The monoisotopic (exact) mass is 314 g/mol. The number of carboxylic acids is 1. The van der Waals surface area contributed by atoms with Gasteiger partial charge in [0.25, 0.3) is 0 Å². The summed E-state index contributed by atoms with van der Waals surface area (Å²) in [5.41, 5.74) is 0. The molecule has 0 spiro atoms. The number of halogens is 3. The van der Waals surface area contributed by atoms with E-state index in [4.69, 9.17) is 9.84 Å². The third kappa shape index (κ3) is 9.11. The van der Waals surface area contributed by atoms with Crippen LogP contribution in [0.3, 0.4) is 0 Å².